The molecule has 1 amide bonds. The molecule has 3 nitrogen and oxygen atoms in total. The Balaban J connectivity index is 2.73. The van der Waals surface area contributed by atoms with Gasteiger partial charge in [0.05, 0.1) is 6.61 Å². The number of carbonyl (C=O) groups is 1. The molecule has 0 heterocycles. The summed E-state index contributed by atoms with van der Waals surface area (Å²) in [6.07, 6.45) is 3.06. The molecule has 1 rings (SSSR count). The first-order valence-electron chi connectivity index (χ1n) is 5.19. The molecular weight excluding hydrogens is 282 g/mol. The molecule has 90 valence electrons. The summed E-state index contributed by atoms with van der Waals surface area (Å²) in [6, 6.07) is 7.32. The first kappa shape index (κ1) is 13.5. The van der Waals surface area contributed by atoms with Crippen LogP contribution < -0.4 is 5.32 Å². The first-order chi connectivity index (χ1) is 8.17. The molecule has 1 aromatic rings. The Bertz CT molecular complexity index is 424. The number of hydrogen-bond donors (Lipinski definition) is 1. The first-order valence-corrected chi connectivity index (χ1v) is 5.99. The van der Waals surface area contributed by atoms with E-state index in [0.717, 1.165) is 4.47 Å². The minimum absolute atomic E-state index is 0.255. The summed E-state index contributed by atoms with van der Waals surface area (Å²) in [4.78, 5) is 11.8. The van der Waals surface area contributed by atoms with Gasteiger partial charge in [0, 0.05) is 10.2 Å². The standard InChI is InChI=1S/C13H14BrNO2/c1-3-5-12(17-4-2)13(16)15-11-8-6-10(14)7-9-11/h3,5-9H,1,4H2,2H3,(H,15,16)/b12-5+. The van der Waals surface area contributed by atoms with E-state index in [1.54, 1.807) is 12.1 Å². The Labute approximate surface area is 109 Å². The topological polar surface area (TPSA) is 38.3 Å². The van der Waals surface area contributed by atoms with E-state index in [4.69, 9.17) is 4.74 Å². The van der Waals surface area contributed by atoms with Crippen LogP contribution in [0.5, 0.6) is 0 Å². The summed E-state index contributed by atoms with van der Waals surface area (Å²) in [5, 5.41) is 2.74. The molecule has 0 aliphatic carbocycles. The maximum atomic E-state index is 11.8. The highest BCUT2D eigenvalue weighted by Gasteiger charge is 2.09. The van der Waals surface area contributed by atoms with Crippen molar-refractivity contribution in [2.45, 2.75) is 6.92 Å². The molecule has 4 heteroatoms. The Morgan fingerprint density at radius 3 is 2.65 bits per heavy atom. The van der Waals surface area contributed by atoms with Gasteiger partial charge in [0.25, 0.3) is 5.91 Å². The van der Waals surface area contributed by atoms with Crippen molar-refractivity contribution in [1.82, 2.24) is 0 Å². The summed E-state index contributed by atoms with van der Waals surface area (Å²) in [5.74, 6) is -0.0282. The molecule has 0 aliphatic rings. The molecule has 0 unspecified atom stereocenters. The molecule has 0 aliphatic heterocycles. The number of benzene rings is 1. The molecule has 17 heavy (non-hydrogen) atoms. The molecule has 0 saturated carbocycles. The molecule has 0 spiro atoms. The third-order valence-electron chi connectivity index (χ3n) is 1.89. The second-order valence-electron chi connectivity index (χ2n) is 3.16. The highest BCUT2D eigenvalue weighted by molar-refractivity contribution is 9.10. The van der Waals surface area contributed by atoms with E-state index in [2.05, 4.69) is 27.8 Å². The van der Waals surface area contributed by atoms with Crippen LogP contribution in [0.25, 0.3) is 0 Å². The Morgan fingerprint density at radius 1 is 1.47 bits per heavy atom. The van der Waals surface area contributed by atoms with Gasteiger partial charge in [-0.25, -0.2) is 0 Å². The van der Waals surface area contributed by atoms with Crippen LogP contribution >= 0.6 is 15.9 Å². The van der Waals surface area contributed by atoms with Crippen molar-refractivity contribution in [2.75, 3.05) is 11.9 Å². The van der Waals surface area contributed by atoms with Crippen LogP contribution in [0.1, 0.15) is 6.92 Å². The molecular formula is C13H14BrNO2. The Hall–Kier alpha value is -1.55. The molecule has 0 bridgehead atoms. The number of amides is 1. The molecule has 1 N–H and O–H groups in total. The maximum Gasteiger partial charge on any atom is 0.290 e. The van der Waals surface area contributed by atoms with Crippen molar-refractivity contribution in [3.63, 3.8) is 0 Å². The lowest BCUT2D eigenvalue weighted by Crippen LogP contribution is -2.16. The normalized spacial score (nSPS) is 10.8. The van der Waals surface area contributed by atoms with Crippen molar-refractivity contribution < 1.29 is 9.53 Å². The van der Waals surface area contributed by atoms with E-state index in [0.29, 0.717) is 12.3 Å². The Kier molecular flexibility index (Phi) is 5.49. The summed E-state index contributed by atoms with van der Waals surface area (Å²) in [7, 11) is 0. The van der Waals surface area contributed by atoms with Gasteiger partial charge in [-0.2, -0.15) is 0 Å². The van der Waals surface area contributed by atoms with Crippen molar-refractivity contribution in [1.29, 1.82) is 0 Å². The number of rotatable bonds is 5. The van der Waals surface area contributed by atoms with Gasteiger partial charge in [0.15, 0.2) is 5.76 Å². The number of allylic oxidation sites excluding steroid dienone is 2. The van der Waals surface area contributed by atoms with E-state index in [1.165, 1.54) is 12.2 Å². The van der Waals surface area contributed by atoms with Crippen LogP contribution in [0.2, 0.25) is 0 Å². The SMILES string of the molecule is C=C/C=C(/OCC)C(=O)Nc1ccc(Br)cc1. The van der Waals surface area contributed by atoms with E-state index < -0.39 is 0 Å². The third kappa shape index (κ3) is 4.44. The van der Waals surface area contributed by atoms with E-state index in [9.17, 15) is 4.79 Å². The summed E-state index contributed by atoms with van der Waals surface area (Å²) in [6.45, 7) is 5.80. The van der Waals surface area contributed by atoms with Crippen molar-refractivity contribution in [3.8, 4) is 0 Å². The summed E-state index contributed by atoms with van der Waals surface area (Å²) in [5.41, 5.74) is 0.716. The van der Waals surface area contributed by atoms with E-state index in [1.807, 2.05) is 19.1 Å². The number of carbonyl (C=O) groups excluding carboxylic acids is 1. The van der Waals surface area contributed by atoms with Gasteiger partial charge in [0.1, 0.15) is 0 Å². The third-order valence-corrected chi connectivity index (χ3v) is 2.42. The lowest BCUT2D eigenvalue weighted by molar-refractivity contribution is -0.116. The predicted molar refractivity (Wildman–Crippen MR) is 72.7 cm³/mol. The fourth-order valence-corrected chi connectivity index (χ4v) is 1.44. The fraction of sp³-hybridized carbons (Fsp3) is 0.154. The molecule has 0 atom stereocenters. The summed E-state index contributed by atoms with van der Waals surface area (Å²) < 4.78 is 6.17. The monoisotopic (exact) mass is 295 g/mol. The Morgan fingerprint density at radius 2 is 2.12 bits per heavy atom. The minimum atomic E-state index is -0.283. The minimum Gasteiger partial charge on any atom is -0.488 e. The van der Waals surface area contributed by atoms with E-state index >= 15 is 0 Å². The zero-order valence-corrected chi connectivity index (χ0v) is 11.2. The fourth-order valence-electron chi connectivity index (χ4n) is 1.18. The second kappa shape index (κ2) is 6.91. The van der Waals surface area contributed by atoms with Crippen LogP contribution in [-0.4, -0.2) is 12.5 Å². The largest absolute Gasteiger partial charge is 0.488 e. The van der Waals surface area contributed by atoms with Crippen molar-refractivity contribution in [2.24, 2.45) is 0 Å². The zero-order chi connectivity index (χ0) is 12.7. The number of ether oxygens (including phenoxy) is 1. The molecule has 0 radical (unpaired) electrons. The van der Waals surface area contributed by atoms with Gasteiger partial charge in [-0.3, -0.25) is 4.79 Å². The van der Waals surface area contributed by atoms with Gasteiger partial charge in [-0.1, -0.05) is 28.6 Å². The van der Waals surface area contributed by atoms with Crippen LogP contribution in [0.15, 0.2) is 53.2 Å². The van der Waals surface area contributed by atoms with Crippen LogP contribution in [0, 0.1) is 0 Å². The van der Waals surface area contributed by atoms with Gasteiger partial charge in [-0.05, 0) is 37.3 Å². The summed E-state index contributed by atoms with van der Waals surface area (Å²) >= 11 is 3.33. The smallest absolute Gasteiger partial charge is 0.290 e. The van der Waals surface area contributed by atoms with Crippen molar-refractivity contribution in [3.05, 3.63) is 53.2 Å². The number of anilines is 1. The molecule has 0 aromatic heterocycles. The van der Waals surface area contributed by atoms with E-state index in [-0.39, 0.29) is 11.7 Å². The average molecular weight is 296 g/mol. The van der Waals surface area contributed by atoms with Crippen LogP contribution in [0.4, 0.5) is 5.69 Å². The zero-order valence-electron chi connectivity index (χ0n) is 9.57. The maximum absolute atomic E-state index is 11.8. The van der Waals surface area contributed by atoms with Crippen LogP contribution in [-0.2, 0) is 9.53 Å². The van der Waals surface area contributed by atoms with Crippen LogP contribution in [0.3, 0.4) is 0 Å². The molecule has 1 aromatic carbocycles. The lowest BCUT2D eigenvalue weighted by atomic mass is 10.3. The highest BCUT2D eigenvalue weighted by atomic mass is 79.9. The molecule has 0 fully saturated rings. The predicted octanol–water partition coefficient (Wildman–Crippen LogP) is 3.49. The van der Waals surface area contributed by atoms with Gasteiger partial charge in [0.2, 0.25) is 0 Å². The quantitative estimate of drug-likeness (QED) is 0.513. The average Bonchev–Trinajstić information content (AvgIpc) is 2.32. The van der Waals surface area contributed by atoms with Gasteiger partial charge < -0.3 is 10.1 Å². The number of halogens is 1. The molecule has 0 saturated heterocycles. The number of nitrogens with one attached hydrogen (secondary N) is 1. The van der Waals surface area contributed by atoms with Gasteiger partial charge in [-0.15, -0.1) is 0 Å². The van der Waals surface area contributed by atoms with Crippen molar-refractivity contribution >= 4 is 27.5 Å². The van der Waals surface area contributed by atoms with Gasteiger partial charge >= 0.3 is 0 Å². The number of hydrogen-bond acceptors (Lipinski definition) is 2. The highest BCUT2D eigenvalue weighted by Crippen LogP contribution is 2.15. The lowest BCUT2D eigenvalue weighted by Gasteiger charge is -2.09. The second-order valence-corrected chi connectivity index (χ2v) is 4.08.